The van der Waals surface area contributed by atoms with Crippen molar-refractivity contribution in [3.8, 4) is 10.7 Å². The molecule has 0 fully saturated rings. The second kappa shape index (κ2) is 5.59. The van der Waals surface area contributed by atoms with E-state index in [1.165, 1.54) is 17.7 Å². The highest BCUT2D eigenvalue weighted by molar-refractivity contribution is 9.10. The topological polar surface area (TPSA) is 37.8 Å². The van der Waals surface area contributed by atoms with E-state index in [1.54, 1.807) is 11.3 Å². The van der Waals surface area contributed by atoms with Gasteiger partial charge in [-0.2, -0.15) is 0 Å². The van der Waals surface area contributed by atoms with Gasteiger partial charge in [-0.15, -0.1) is 11.3 Å². The van der Waals surface area contributed by atoms with Crippen molar-refractivity contribution in [1.82, 2.24) is 9.97 Å². The molecule has 0 radical (unpaired) electrons. The van der Waals surface area contributed by atoms with E-state index in [4.69, 9.17) is 9.97 Å². The fourth-order valence-electron chi connectivity index (χ4n) is 2.38. The van der Waals surface area contributed by atoms with Crippen LogP contribution >= 0.6 is 27.3 Å². The maximum Gasteiger partial charge on any atom is 0.173 e. The zero-order chi connectivity index (χ0) is 13.2. The number of nitrogens with zero attached hydrogens (tertiary/aromatic N) is 2. The zero-order valence-corrected chi connectivity index (χ0v) is 13.3. The van der Waals surface area contributed by atoms with Gasteiger partial charge in [-0.1, -0.05) is 6.92 Å². The minimum Gasteiger partial charge on any atom is -0.370 e. The largest absolute Gasteiger partial charge is 0.370 e. The summed E-state index contributed by atoms with van der Waals surface area (Å²) >= 11 is 5.25. The number of fused-ring (bicyclic) bond motifs is 1. The minimum atomic E-state index is 0.848. The van der Waals surface area contributed by atoms with Gasteiger partial charge in [0.25, 0.3) is 0 Å². The molecule has 0 atom stereocenters. The van der Waals surface area contributed by atoms with Crippen molar-refractivity contribution < 1.29 is 0 Å². The summed E-state index contributed by atoms with van der Waals surface area (Å²) in [5, 5.41) is 5.52. The van der Waals surface area contributed by atoms with Crippen LogP contribution in [-0.4, -0.2) is 16.5 Å². The smallest absolute Gasteiger partial charge is 0.173 e. The summed E-state index contributed by atoms with van der Waals surface area (Å²) < 4.78 is 1.08. The first-order valence-electron chi connectivity index (χ1n) is 6.66. The molecule has 100 valence electrons. The van der Waals surface area contributed by atoms with E-state index >= 15 is 0 Å². The molecule has 19 heavy (non-hydrogen) atoms. The van der Waals surface area contributed by atoms with E-state index in [2.05, 4.69) is 39.6 Å². The molecule has 1 aliphatic rings. The fourth-order valence-corrected chi connectivity index (χ4v) is 3.86. The van der Waals surface area contributed by atoms with Gasteiger partial charge in [-0.25, -0.2) is 9.97 Å². The number of aromatic nitrogens is 2. The van der Waals surface area contributed by atoms with Gasteiger partial charge in [0.1, 0.15) is 5.82 Å². The maximum absolute atomic E-state index is 4.75. The van der Waals surface area contributed by atoms with Gasteiger partial charge in [0, 0.05) is 22.3 Å². The summed E-state index contributed by atoms with van der Waals surface area (Å²) in [6.07, 6.45) is 4.48. The maximum atomic E-state index is 4.75. The molecule has 0 bridgehead atoms. The number of nitrogens with one attached hydrogen (secondary N) is 1. The predicted molar refractivity (Wildman–Crippen MR) is 83.9 cm³/mol. The number of hydrogen-bond donors (Lipinski definition) is 1. The average molecular weight is 338 g/mol. The molecule has 2 aromatic heterocycles. The Balaban J connectivity index is 2.05. The average Bonchev–Trinajstić information content (AvgIpc) is 3.03. The van der Waals surface area contributed by atoms with Crippen LogP contribution in [0.1, 0.15) is 31.0 Å². The molecule has 0 spiro atoms. The molecule has 1 aliphatic carbocycles. The first-order chi connectivity index (χ1) is 9.29. The Morgan fingerprint density at radius 2 is 2.26 bits per heavy atom. The molecule has 2 aromatic rings. The number of rotatable bonds is 4. The standard InChI is InChI=1S/C14H16BrN3S/c1-2-7-16-13-9-4-3-5-11(9)17-14(18-13)12-10(15)6-8-19-12/h6,8H,2-5,7H2,1H3,(H,16,17,18). The van der Waals surface area contributed by atoms with Gasteiger partial charge in [0.05, 0.1) is 4.88 Å². The van der Waals surface area contributed by atoms with Gasteiger partial charge in [-0.05, 0) is 53.1 Å². The van der Waals surface area contributed by atoms with E-state index in [0.29, 0.717) is 0 Å². The molecule has 0 saturated heterocycles. The van der Waals surface area contributed by atoms with E-state index in [1.807, 2.05) is 0 Å². The Morgan fingerprint density at radius 1 is 1.37 bits per heavy atom. The van der Waals surface area contributed by atoms with Crippen molar-refractivity contribution in [2.45, 2.75) is 32.6 Å². The van der Waals surface area contributed by atoms with Gasteiger partial charge in [0.2, 0.25) is 0 Å². The van der Waals surface area contributed by atoms with E-state index in [9.17, 15) is 0 Å². The third-order valence-electron chi connectivity index (χ3n) is 3.30. The third kappa shape index (κ3) is 2.54. The third-order valence-corrected chi connectivity index (χ3v) is 5.13. The zero-order valence-electron chi connectivity index (χ0n) is 10.9. The highest BCUT2D eigenvalue weighted by Gasteiger charge is 2.20. The molecule has 0 aliphatic heterocycles. The predicted octanol–water partition coefficient (Wildman–Crippen LogP) is 4.28. The van der Waals surface area contributed by atoms with Gasteiger partial charge >= 0.3 is 0 Å². The molecular formula is C14H16BrN3S. The summed E-state index contributed by atoms with van der Waals surface area (Å²) in [6.45, 7) is 3.14. The van der Waals surface area contributed by atoms with Crippen LogP contribution in [-0.2, 0) is 12.8 Å². The SMILES string of the molecule is CCCNc1nc(-c2sccc2Br)nc2c1CCC2. The summed E-state index contributed by atoms with van der Waals surface area (Å²) in [6, 6.07) is 2.05. The molecule has 0 unspecified atom stereocenters. The number of aryl methyl sites for hydroxylation is 1. The van der Waals surface area contributed by atoms with Crippen LogP contribution in [0.4, 0.5) is 5.82 Å². The Bertz CT molecular complexity index is 594. The molecule has 0 saturated carbocycles. The fraction of sp³-hybridized carbons (Fsp3) is 0.429. The molecule has 1 N–H and O–H groups in total. The van der Waals surface area contributed by atoms with E-state index in [0.717, 1.165) is 46.8 Å². The molecule has 3 rings (SSSR count). The summed E-state index contributed by atoms with van der Waals surface area (Å²) in [5.41, 5.74) is 2.55. The molecule has 0 aromatic carbocycles. The van der Waals surface area contributed by atoms with Crippen LogP contribution in [0, 0.1) is 0 Å². The van der Waals surface area contributed by atoms with Crippen molar-refractivity contribution >= 4 is 33.1 Å². The highest BCUT2D eigenvalue weighted by Crippen LogP contribution is 2.35. The summed E-state index contributed by atoms with van der Waals surface area (Å²) in [4.78, 5) is 10.6. The first kappa shape index (κ1) is 13.1. The lowest BCUT2D eigenvalue weighted by Gasteiger charge is -2.11. The molecule has 2 heterocycles. The number of halogens is 1. The van der Waals surface area contributed by atoms with E-state index < -0.39 is 0 Å². The van der Waals surface area contributed by atoms with Crippen molar-refractivity contribution in [3.63, 3.8) is 0 Å². The lowest BCUT2D eigenvalue weighted by molar-refractivity contribution is 0.899. The Morgan fingerprint density at radius 3 is 3.00 bits per heavy atom. The lowest BCUT2D eigenvalue weighted by atomic mass is 10.2. The Kier molecular flexibility index (Phi) is 3.84. The van der Waals surface area contributed by atoms with Crippen LogP contribution < -0.4 is 5.32 Å². The second-order valence-electron chi connectivity index (χ2n) is 4.70. The van der Waals surface area contributed by atoms with Crippen molar-refractivity contribution in [2.24, 2.45) is 0 Å². The first-order valence-corrected chi connectivity index (χ1v) is 8.34. The van der Waals surface area contributed by atoms with Crippen LogP contribution in [0.3, 0.4) is 0 Å². The monoisotopic (exact) mass is 337 g/mol. The van der Waals surface area contributed by atoms with Crippen LogP contribution in [0.2, 0.25) is 0 Å². The quantitative estimate of drug-likeness (QED) is 0.904. The number of hydrogen-bond acceptors (Lipinski definition) is 4. The van der Waals surface area contributed by atoms with Crippen LogP contribution in [0.5, 0.6) is 0 Å². The number of anilines is 1. The second-order valence-corrected chi connectivity index (χ2v) is 6.47. The molecule has 3 nitrogen and oxygen atoms in total. The van der Waals surface area contributed by atoms with Gasteiger partial charge in [-0.3, -0.25) is 0 Å². The molecule has 5 heteroatoms. The van der Waals surface area contributed by atoms with Crippen LogP contribution in [0.25, 0.3) is 10.7 Å². The normalized spacial score (nSPS) is 13.6. The highest BCUT2D eigenvalue weighted by atomic mass is 79.9. The van der Waals surface area contributed by atoms with Crippen molar-refractivity contribution in [1.29, 1.82) is 0 Å². The summed E-state index contributed by atoms with van der Waals surface area (Å²) in [7, 11) is 0. The van der Waals surface area contributed by atoms with Crippen molar-refractivity contribution in [3.05, 3.63) is 27.2 Å². The number of thiophene rings is 1. The van der Waals surface area contributed by atoms with Gasteiger partial charge < -0.3 is 5.32 Å². The lowest BCUT2D eigenvalue weighted by Crippen LogP contribution is -2.07. The Hall–Kier alpha value is -0.940. The van der Waals surface area contributed by atoms with Crippen molar-refractivity contribution in [2.75, 3.05) is 11.9 Å². The summed E-state index contributed by atoms with van der Waals surface area (Å²) in [5.74, 6) is 1.89. The molecule has 0 amide bonds. The van der Waals surface area contributed by atoms with Crippen LogP contribution in [0.15, 0.2) is 15.9 Å². The van der Waals surface area contributed by atoms with Gasteiger partial charge in [0.15, 0.2) is 5.82 Å². The molecular weight excluding hydrogens is 322 g/mol. The van der Waals surface area contributed by atoms with E-state index in [-0.39, 0.29) is 0 Å². The Labute approximate surface area is 125 Å². The minimum absolute atomic E-state index is 0.848.